The van der Waals surface area contributed by atoms with Crippen molar-refractivity contribution in [1.82, 2.24) is 5.32 Å². The largest absolute Gasteiger partial charge is 0.496 e. The van der Waals surface area contributed by atoms with E-state index in [4.69, 9.17) is 21.1 Å². The Morgan fingerprint density at radius 2 is 1.69 bits per heavy atom. The van der Waals surface area contributed by atoms with Gasteiger partial charge in [0.05, 0.1) is 18.7 Å². The lowest BCUT2D eigenvalue weighted by atomic mass is 9.93. The molecule has 0 fully saturated rings. The number of carbonyl (C=O) groups excluding carboxylic acids is 1. The lowest BCUT2D eigenvalue weighted by Gasteiger charge is -2.21. The Kier molecular flexibility index (Phi) is 7.81. The molecule has 0 aromatic heterocycles. The van der Waals surface area contributed by atoms with E-state index in [1.165, 1.54) is 0 Å². The third-order valence-electron chi connectivity index (χ3n) is 5.48. The topological polar surface area (TPSA) is 47.6 Å². The predicted molar refractivity (Wildman–Crippen MR) is 130 cm³/mol. The summed E-state index contributed by atoms with van der Waals surface area (Å²) in [4.78, 5) is 13.2. The molecule has 0 aliphatic rings. The van der Waals surface area contributed by atoms with Gasteiger partial charge in [-0.3, -0.25) is 4.79 Å². The Balaban J connectivity index is 1.82. The van der Waals surface area contributed by atoms with Crippen LogP contribution in [0.5, 0.6) is 11.5 Å². The highest BCUT2D eigenvalue weighted by Crippen LogP contribution is 2.32. The molecule has 32 heavy (non-hydrogen) atoms. The summed E-state index contributed by atoms with van der Waals surface area (Å²) in [6.45, 7) is 8.63. The molecule has 3 rings (SSSR count). The monoisotopic (exact) mass is 451 g/mol. The highest BCUT2D eigenvalue weighted by molar-refractivity contribution is 6.31. The molecule has 0 bridgehead atoms. The Hall–Kier alpha value is -2.98. The average molecular weight is 452 g/mol. The van der Waals surface area contributed by atoms with Crippen molar-refractivity contribution >= 4 is 17.5 Å². The average Bonchev–Trinajstić information content (AvgIpc) is 2.78. The number of amides is 1. The molecule has 3 aromatic carbocycles. The van der Waals surface area contributed by atoms with Crippen LogP contribution < -0.4 is 14.8 Å². The molecule has 0 aliphatic heterocycles. The predicted octanol–water partition coefficient (Wildman–Crippen LogP) is 6.85. The van der Waals surface area contributed by atoms with Gasteiger partial charge in [0.1, 0.15) is 18.1 Å². The van der Waals surface area contributed by atoms with Crippen molar-refractivity contribution in [2.75, 3.05) is 7.11 Å². The fourth-order valence-electron chi connectivity index (χ4n) is 3.70. The first-order chi connectivity index (χ1) is 15.3. The van der Waals surface area contributed by atoms with Gasteiger partial charge >= 0.3 is 0 Å². The second-order valence-electron chi connectivity index (χ2n) is 8.22. The van der Waals surface area contributed by atoms with Gasteiger partial charge in [-0.15, -0.1) is 0 Å². The van der Waals surface area contributed by atoms with Crippen LogP contribution in [0.2, 0.25) is 5.02 Å². The lowest BCUT2D eigenvalue weighted by Crippen LogP contribution is -2.27. The molecule has 0 aliphatic carbocycles. The fraction of sp³-hybridized carbons (Fsp3) is 0.296. The van der Waals surface area contributed by atoms with Crippen molar-refractivity contribution in [2.45, 2.75) is 46.3 Å². The third kappa shape index (κ3) is 5.63. The first-order valence-electron chi connectivity index (χ1n) is 10.8. The number of rotatable bonds is 8. The molecular formula is C27H30ClNO3. The van der Waals surface area contributed by atoms with E-state index in [1.54, 1.807) is 25.3 Å². The Morgan fingerprint density at radius 1 is 0.969 bits per heavy atom. The SMILES string of the molecule is COc1cc(C)c(C(C)NC(=O)c2cc(Cl)ccc2OCc2ccccc2)cc1C(C)C. The number of methoxy groups -OCH3 is 1. The lowest BCUT2D eigenvalue weighted by molar-refractivity contribution is 0.0935. The van der Waals surface area contributed by atoms with E-state index in [-0.39, 0.29) is 11.9 Å². The van der Waals surface area contributed by atoms with Crippen molar-refractivity contribution in [2.24, 2.45) is 0 Å². The van der Waals surface area contributed by atoms with Crippen LogP contribution in [0, 0.1) is 6.92 Å². The zero-order chi connectivity index (χ0) is 23.3. The Labute approximate surface area is 195 Å². The van der Waals surface area contributed by atoms with E-state index in [9.17, 15) is 4.79 Å². The summed E-state index contributed by atoms with van der Waals surface area (Å²) in [5.74, 6) is 1.44. The minimum Gasteiger partial charge on any atom is -0.496 e. The molecule has 1 amide bonds. The van der Waals surface area contributed by atoms with Crippen LogP contribution in [0.1, 0.15) is 65.3 Å². The molecule has 4 nitrogen and oxygen atoms in total. The highest BCUT2D eigenvalue weighted by Gasteiger charge is 2.20. The number of benzene rings is 3. The van der Waals surface area contributed by atoms with E-state index in [0.29, 0.717) is 28.9 Å². The smallest absolute Gasteiger partial charge is 0.255 e. The second-order valence-corrected chi connectivity index (χ2v) is 8.65. The molecular weight excluding hydrogens is 422 g/mol. The molecule has 0 heterocycles. The second kappa shape index (κ2) is 10.6. The van der Waals surface area contributed by atoms with E-state index < -0.39 is 0 Å². The van der Waals surface area contributed by atoms with Gasteiger partial charge in [-0.2, -0.15) is 0 Å². The van der Waals surface area contributed by atoms with Crippen molar-refractivity contribution in [3.05, 3.63) is 93.5 Å². The van der Waals surface area contributed by atoms with Crippen LogP contribution in [0.3, 0.4) is 0 Å². The van der Waals surface area contributed by atoms with Crippen LogP contribution in [0.25, 0.3) is 0 Å². The zero-order valence-electron chi connectivity index (χ0n) is 19.2. The Morgan fingerprint density at radius 3 is 2.34 bits per heavy atom. The summed E-state index contributed by atoms with van der Waals surface area (Å²) < 4.78 is 11.5. The summed E-state index contributed by atoms with van der Waals surface area (Å²) in [6, 6.07) is 18.9. The summed E-state index contributed by atoms with van der Waals surface area (Å²) in [5.41, 5.74) is 4.67. The van der Waals surface area contributed by atoms with E-state index in [0.717, 1.165) is 28.0 Å². The molecule has 3 aromatic rings. The van der Waals surface area contributed by atoms with Crippen LogP contribution in [0.15, 0.2) is 60.7 Å². The number of hydrogen-bond acceptors (Lipinski definition) is 3. The molecule has 1 unspecified atom stereocenters. The fourth-order valence-corrected chi connectivity index (χ4v) is 3.88. The Bertz CT molecular complexity index is 1080. The number of ether oxygens (including phenoxy) is 2. The van der Waals surface area contributed by atoms with Crippen LogP contribution in [0.4, 0.5) is 0 Å². The van der Waals surface area contributed by atoms with Crippen LogP contribution in [-0.4, -0.2) is 13.0 Å². The van der Waals surface area contributed by atoms with Gasteiger partial charge in [-0.25, -0.2) is 0 Å². The first kappa shape index (κ1) is 23.7. The van der Waals surface area contributed by atoms with Crippen LogP contribution in [-0.2, 0) is 6.61 Å². The maximum atomic E-state index is 13.2. The van der Waals surface area contributed by atoms with E-state index in [1.807, 2.05) is 50.2 Å². The third-order valence-corrected chi connectivity index (χ3v) is 5.71. The minimum absolute atomic E-state index is 0.202. The van der Waals surface area contributed by atoms with Gasteiger partial charge in [-0.05, 0) is 72.4 Å². The maximum Gasteiger partial charge on any atom is 0.255 e. The number of carbonyl (C=O) groups is 1. The summed E-state index contributed by atoms with van der Waals surface area (Å²) in [6.07, 6.45) is 0. The standard InChI is InChI=1S/C27H30ClNO3/c1-17(2)22-15-23(18(3)13-26(22)31-5)19(4)29-27(30)24-14-21(28)11-12-25(24)32-16-20-9-7-6-8-10-20/h6-15,17,19H,16H2,1-5H3,(H,29,30). The van der Waals surface area contributed by atoms with E-state index >= 15 is 0 Å². The molecule has 0 radical (unpaired) electrons. The molecule has 1 atom stereocenters. The summed E-state index contributed by atoms with van der Waals surface area (Å²) in [5, 5.41) is 3.59. The van der Waals surface area contributed by atoms with Crippen molar-refractivity contribution in [1.29, 1.82) is 0 Å². The molecule has 1 N–H and O–H groups in total. The quantitative estimate of drug-likeness (QED) is 0.407. The van der Waals surface area contributed by atoms with Gasteiger partial charge in [0.25, 0.3) is 5.91 Å². The van der Waals surface area contributed by atoms with Crippen molar-refractivity contribution in [3.8, 4) is 11.5 Å². The van der Waals surface area contributed by atoms with E-state index in [2.05, 4.69) is 25.2 Å². The highest BCUT2D eigenvalue weighted by atomic mass is 35.5. The van der Waals surface area contributed by atoms with Gasteiger partial charge in [0.2, 0.25) is 0 Å². The van der Waals surface area contributed by atoms with Crippen LogP contribution >= 0.6 is 11.6 Å². The molecule has 0 saturated carbocycles. The zero-order valence-corrected chi connectivity index (χ0v) is 20.0. The van der Waals surface area contributed by atoms with Gasteiger partial charge < -0.3 is 14.8 Å². The number of nitrogens with one attached hydrogen (secondary N) is 1. The molecule has 168 valence electrons. The molecule has 0 spiro atoms. The van der Waals surface area contributed by atoms with Gasteiger partial charge in [-0.1, -0.05) is 55.8 Å². The van der Waals surface area contributed by atoms with Crippen molar-refractivity contribution in [3.63, 3.8) is 0 Å². The molecule has 0 saturated heterocycles. The number of aryl methyl sites for hydroxylation is 1. The summed E-state index contributed by atoms with van der Waals surface area (Å²) in [7, 11) is 1.68. The minimum atomic E-state index is -0.232. The number of hydrogen-bond donors (Lipinski definition) is 1. The normalized spacial score (nSPS) is 11.8. The number of halogens is 1. The first-order valence-corrected chi connectivity index (χ1v) is 11.1. The summed E-state index contributed by atoms with van der Waals surface area (Å²) >= 11 is 6.20. The van der Waals surface area contributed by atoms with Gasteiger partial charge in [0, 0.05) is 5.02 Å². The van der Waals surface area contributed by atoms with Crippen molar-refractivity contribution < 1.29 is 14.3 Å². The maximum absolute atomic E-state index is 13.2. The van der Waals surface area contributed by atoms with Gasteiger partial charge in [0.15, 0.2) is 0 Å². The molecule has 5 heteroatoms.